The topological polar surface area (TPSA) is 43.3 Å². The molecule has 0 saturated heterocycles. The van der Waals surface area contributed by atoms with Crippen LogP contribution < -0.4 is 5.73 Å². The highest BCUT2D eigenvalue weighted by Crippen LogP contribution is 2.31. The molecular formula is C18H19N3S. The third-order valence-corrected chi connectivity index (χ3v) is 4.39. The number of nitrogens with two attached hydrogens (primary N) is 1. The van der Waals surface area contributed by atoms with Crippen LogP contribution in [0.4, 0.5) is 0 Å². The van der Waals surface area contributed by atoms with Gasteiger partial charge in [0, 0.05) is 17.2 Å². The molecular weight excluding hydrogens is 290 g/mol. The lowest BCUT2D eigenvalue weighted by atomic mass is 10.0. The highest BCUT2D eigenvalue weighted by molar-refractivity contribution is 7.80. The molecule has 2 heterocycles. The second-order valence-corrected chi connectivity index (χ2v) is 6.17. The Hall–Kier alpha value is -2.20. The van der Waals surface area contributed by atoms with E-state index in [1.807, 2.05) is 19.1 Å². The Labute approximate surface area is 135 Å². The van der Waals surface area contributed by atoms with Crippen LogP contribution in [0.15, 0.2) is 42.5 Å². The van der Waals surface area contributed by atoms with Crippen LogP contribution >= 0.6 is 12.2 Å². The molecule has 0 spiro atoms. The van der Waals surface area contributed by atoms with Gasteiger partial charge >= 0.3 is 0 Å². The van der Waals surface area contributed by atoms with E-state index < -0.39 is 0 Å². The first-order chi connectivity index (χ1) is 10.5. The molecule has 1 aromatic carbocycles. The lowest BCUT2D eigenvalue weighted by Gasteiger charge is -2.14. The normalized spacial score (nSPS) is 12.5. The van der Waals surface area contributed by atoms with Gasteiger partial charge in [0.15, 0.2) is 0 Å². The molecule has 0 aliphatic rings. The summed E-state index contributed by atoms with van der Waals surface area (Å²) >= 11 is 5.24. The molecule has 0 bridgehead atoms. The van der Waals surface area contributed by atoms with Crippen molar-refractivity contribution in [3.05, 3.63) is 59.4 Å². The third-order valence-electron chi connectivity index (χ3n) is 4.04. The molecule has 0 aliphatic heterocycles. The average Bonchev–Trinajstić information content (AvgIpc) is 2.88. The maximum Gasteiger partial charge on any atom is 0.137 e. The molecule has 2 N–H and O–H groups in total. The molecule has 0 fully saturated rings. The summed E-state index contributed by atoms with van der Waals surface area (Å²) in [6, 6.07) is 14.5. The number of fused-ring (bicyclic) bond motifs is 1. The number of imidazole rings is 1. The summed E-state index contributed by atoms with van der Waals surface area (Å²) in [5, 5.41) is 0. The fourth-order valence-electron chi connectivity index (χ4n) is 2.74. The van der Waals surface area contributed by atoms with Gasteiger partial charge in [0.25, 0.3) is 0 Å². The Morgan fingerprint density at radius 2 is 1.82 bits per heavy atom. The number of hydrogen-bond donors (Lipinski definition) is 1. The maximum atomic E-state index is 5.93. The van der Waals surface area contributed by atoms with Crippen LogP contribution in [-0.4, -0.2) is 14.4 Å². The summed E-state index contributed by atoms with van der Waals surface area (Å²) in [5.74, 6) is -0.0394. The first kappa shape index (κ1) is 14.7. The van der Waals surface area contributed by atoms with Crippen molar-refractivity contribution in [2.75, 3.05) is 0 Å². The molecule has 3 aromatic rings. The molecule has 3 rings (SSSR count). The van der Waals surface area contributed by atoms with Gasteiger partial charge in [-0.1, -0.05) is 55.0 Å². The predicted molar refractivity (Wildman–Crippen MR) is 95.3 cm³/mol. The van der Waals surface area contributed by atoms with Crippen LogP contribution in [0.2, 0.25) is 0 Å². The molecule has 112 valence electrons. The molecule has 0 amide bonds. The lowest BCUT2D eigenvalue weighted by molar-refractivity contribution is 0.908. The minimum atomic E-state index is -0.0394. The van der Waals surface area contributed by atoms with E-state index in [1.165, 1.54) is 5.56 Å². The summed E-state index contributed by atoms with van der Waals surface area (Å²) in [4.78, 5) is 5.31. The van der Waals surface area contributed by atoms with Gasteiger partial charge in [0.1, 0.15) is 5.65 Å². The van der Waals surface area contributed by atoms with E-state index in [0.29, 0.717) is 4.99 Å². The molecule has 1 atom stereocenters. The smallest absolute Gasteiger partial charge is 0.137 e. The lowest BCUT2D eigenvalue weighted by Crippen LogP contribution is -2.19. The Balaban J connectivity index is 2.34. The van der Waals surface area contributed by atoms with Gasteiger partial charge in [-0.05, 0) is 26.0 Å². The Bertz CT molecular complexity index is 847. The van der Waals surface area contributed by atoms with E-state index in [0.717, 1.165) is 28.3 Å². The van der Waals surface area contributed by atoms with Crippen molar-refractivity contribution in [3.8, 4) is 11.3 Å². The monoisotopic (exact) mass is 309 g/mol. The van der Waals surface area contributed by atoms with E-state index in [4.69, 9.17) is 22.9 Å². The van der Waals surface area contributed by atoms with Gasteiger partial charge in [0.05, 0.1) is 16.4 Å². The predicted octanol–water partition coefficient (Wildman–Crippen LogP) is 4.01. The highest BCUT2D eigenvalue weighted by Gasteiger charge is 2.21. The van der Waals surface area contributed by atoms with Crippen LogP contribution in [0.5, 0.6) is 0 Å². The molecule has 0 saturated carbocycles. The number of rotatable bonds is 3. The fourth-order valence-corrected chi connectivity index (χ4v) is 2.85. The fraction of sp³-hybridized carbons (Fsp3) is 0.222. The first-order valence-corrected chi connectivity index (χ1v) is 7.74. The van der Waals surface area contributed by atoms with Crippen LogP contribution in [-0.2, 0) is 0 Å². The van der Waals surface area contributed by atoms with E-state index in [1.54, 1.807) is 0 Å². The zero-order valence-corrected chi connectivity index (χ0v) is 13.8. The largest absolute Gasteiger partial charge is 0.393 e. The number of aryl methyl sites for hydroxylation is 2. The summed E-state index contributed by atoms with van der Waals surface area (Å²) in [5.41, 5.74) is 12.3. The van der Waals surface area contributed by atoms with Crippen molar-refractivity contribution in [1.29, 1.82) is 0 Å². The zero-order chi connectivity index (χ0) is 15.9. The minimum Gasteiger partial charge on any atom is -0.393 e. The van der Waals surface area contributed by atoms with Gasteiger partial charge in [-0.3, -0.25) is 4.40 Å². The SMILES string of the molecule is Cc1ccc(-c2nc3cccc(C)n3c2C(C)C(N)=S)cc1. The van der Waals surface area contributed by atoms with Gasteiger partial charge < -0.3 is 5.73 Å². The van der Waals surface area contributed by atoms with Crippen molar-refractivity contribution in [2.24, 2.45) is 5.73 Å². The molecule has 4 heteroatoms. The van der Waals surface area contributed by atoms with E-state index >= 15 is 0 Å². The van der Waals surface area contributed by atoms with E-state index in [9.17, 15) is 0 Å². The second kappa shape index (κ2) is 5.54. The molecule has 22 heavy (non-hydrogen) atoms. The molecule has 0 aliphatic carbocycles. The minimum absolute atomic E-state index is 0.0394. The summed E-state index contributed by atoms with van der Waals surface area (Å²) < 4.78 is 2.15. The number of pyridine rings is 1. The van der Waals surface area contributed by atoms with Crippen LogP contribution in [0, 0.1) is 13.8 Å². The maximum absolute atomic E-state index is 5.93. The van der Waals surface area contributed by atoms with Crippen LogP contribution in [0.3, 0.4) is 0 Å². The number of aromatic nitrogens is 2. The average molecular weight is 309 g/mol. The van der Waals surface area contributed by atoms with Crippen molar-refractivity contribution in [1.82, 2.24) is 9.38 Å². The summed E-state index contributed by atoms with van der Waals surface area (Å²) in [6.45, 7) is 6.19. The van der Waals surface area contributed by atoms with Gasteiger partial charge in [-0.15, -0.1) is 0 Å². The molecule has 1 unspecified atom stereocenters. The molecule has 0 radical (unpaired) electrons. The third kappa shape index (κ3) is 2.40. The van der Waals surface area contributed by atoms with Gasteiger partial charge in [-0.25, -0.2) is 4.98 Å². The number of hydrogen-bond acceptors (Lipinski definition) is 2. The first-order valence-electron chi connectivity index (χ1n) is 7.33. The van der Waals surface area contributed by atoms with Crippen molar-refractivity contribution < 1.29 is 0 Å². The molecule has 3 nitrogen and oxygen atoms in total. The van der Waals surface area contributed by atoms with Crippen molar-refractivity contribution in [2.45, 2.75) is 26.7 Å². The second-order valence-electron chi connectivity index (χ2n) is 5.70. The number of nitrogens with zero attached hydrogens (tertiary/aromatic N) is 2. The Morgan fingerprint density at radius 3 is 2.45 bits per heavy atom. The van der Waals surface area contributed by atoms with Crippen molar-refractivity contribution in [3.63, 3.8) is 0 Å². The molecule has 2 aromatic heterocycles. The van der Waals surface area contributed by atoms with E-state index in [2.05, 4.69) is 48.6 Å². The van der Waals surface area contributed by atoms with Gasteiger partial charge in [0.2, 0.25) is 0 Å². The van der Waals surface area contributed by atoms with Crippen LogP contribution in [0.1, 0.15) is 29.8 Å². The van der Waals surface area contributed by atoms with E-state index in [-0.39, 0.29) is 5.92 Å². The number of thiocarbonyl (C=S) groups is 1. The van der Waals surface area contributed by atoms with Crippen molar-refractivity contribution >= 4 is 22.9 Å². The van der Waals surface area contributed by atoms with Crippen LogP contribution in [0.25, 0.3) is 16.9 Å². The standard InChI is InChI=1S/C18H19N3S/c1-11-7-9-14(10-8-11)16-17(13(3)18(19)22)21-12(2)5-4-6-15(21)20-16/h4-10,13H,1-3H3,(H2,19,22). The number of benzene rings is 1. The summed E-state index contributed by atoms with van der Waals surface area (Å²) in [7, 11) is 0. The Morgan fingerprint density at radius 1 is 1.14 bits per heavy atom. The Kier molecular flexibility index (Phi) is 3.71. The highest BCUT2D eigenvalue weighted by atomic mass is 32.1. The summed E-state index contributed by atoms with van der Waals surface area (Å²) in [6.07, 6.45) is 0. The quantitative estimate of drug-likeness (QED) is 0.743. The zero-order valence-electron chi connectivity index (χ0n) is 13.0. The van der Waals surface area contributed by atoms with Gasteiger partial charge in [-0.2, -0.15) is 0 Å².